The topological polar surface area (TPSA) is 0 Å². The van der Waals surface area contributed by atoms with E-state index in [0.717, 1.165) is 5.92 Å². The van der Waals surface area contributed by atoms with Gasteiger partial charge in [0.15, 0.2) is 0 Å². The van der Waals surface area contributed by atoms with Gasteiger partial charge in [0.05, 0.1) is 0 Å². The van der Waals surface area contributed by atoms with Gasteiger partial charge < -0.3 is 0 Å². The third-order valence-electron chi connectivity index (χ3n) is 2.21. The Bertz CT molecular complexity index is 103. The molecule has 0 aliphatic heterocycles. The van der Waals surface area contributed by atoms with Crippen molar-refractivity contribution in [3.63, 3.8) is 0 Å². The molecule has 0 aliphatic rings. The number of hydrogen-bond acceptors (Lipinski definition) is 0. The van der Waals surface area contributed by atoms with Gasteiger partial charge in [0, 0.05) is 0 Å². The number of allylic oxidation sites excluding steroid dienone is 2. The summed E-state index contributed by atoms with van der Waals surface area (Å²) in [6, 6.07) is 0. The molecule has 0 unspecified atom stereocenters. The minimum Gasteiger partial charge on any atom is -0.0885 e. The first-order chi connectivity index (χ1) is 5.81. The highest BCUT2D eigenvalue weighted by Crippen LogP contribution is 2.10. The lowest BCUT2D eigenvalue weighted by Gasteiger charge is -2.04. The average molecular weight is 168 g/mol. The monoisotopic (exact) mass is 168 g/mol. The summed E-state index contributed by atoms with van der Waals surface area (Å²) in [5, 5.41) is 0. The molecular weight excluding hydrogens is 144 g/mol. The molecule has 0 heteroatoms. The third-order valence-corrected chi connectivity index (χ3v) is 2.21. The average Bonchev–Trinajstić information content (AvgIpc) is 2.05. The van der Waals surface area contributed by atoms with E-state index in [4.69, 9.17) is 0 Å². The molecule has 1 atom stereocenters. The van der Waals surface area contributed by atoms with Crippen molar-refractivity contribution in [2.75, 3.05) is 0 Å². The van der Waals surface area contributed by atoms with Crippen LogP contribution in [0.2, 0.25) is 0 Å². The lowest BCUT2D eigenvalue weighted by atomic mass is 10.0. The van der Waals surface area contributed by atoms with E-state index < -0.39 is 0 Å². The molecule has 0 nitrogen and oxygen atoms in total. The highest BCUT2D eigenvalue weighted by molar-refractivity contribution is 4.82. The van der Waals surface area contributed by atoms with Crippen LogP contribution >= 0.6 is 0 Å². The van der Waals surface area contributed by atoms with Gasteiger partial charge in [-0.2, -0.15) is 0 Å². The zero-order chi connectivity index (χ0) is 9.23. The van der Waals surface area contributed by atoms with Crippen molar-refractivity contribution in [2.45, 2.75) is 59.3 Å². The molecule has 0 aliphatic carbocycles. The van der Waals surface area contributed by atoms with Gasteiger partial charge >= 0.3 is 0 Å². The van der Waals surface area contributed by atoms with Crippen molar-refractivity contribution in [1.82, 2.24) is 0 Å². The third kappa shape index (κ3) is 7.84. The second kappa shape index (κ2) is 8.83. The Hall–Kier alpha value is -0.260. The summed E-state index contributed by atoms with van der Waals surface area (Å²) in [7, 11) is 0. The first-order valence-electron chi connectivity index (χ1n) is 5.46. The molecule has 0 spiro atoms. The molecule has 0 heterocycles. The van der Waals surface area contributed by atoms with Crippen molar-refractivity contribution in [2.24, 2.45) is 5.92 Å². The molecule has 0 aromatic rings. The van der Waals surface area contributed by atoms with E-state index in [1.807, 2.05) is 0 Å². The Balaban J connectivity index is 3.21. The Labute approximate surface area is 78.1 Å². The van der Waals surface area contributed by atoms with Crippen molar-refractivity contribution in [1.29, 1.82) is 0 Å². The minimum atomic E-state index is 0.882. The largest absolute Gasteiger partial charge is 0.0885 e. The summed E-state index contributed by atoms with van der Waals surface area (Å²) in [6.07, 6.45) is 12.6. The van der Waals surface area contributed by atoms with Gasteiger partial charge in [-0.15, -0.1) is 0 Å². The Morgan fingerprint density at radius 1 is 1.08 bits per heavy atom. The van der Waals surface area contributed by atoms with Crippen LogP contribution in [0.5, 0.6) is 0 Å². The smallest absolute Gasteiger partial charge is 0.0325 e. The van der Waals surface area contributed by atoms with E-state index in [0.29, 0.717) is 0 Å². The van der Waals surface area contributed by atoms with Crippen LogP contribution in [-0.2, 0) is 0 Å². The lowest BCUT2D eigenvalue weighted by Crippen LogP contribution is -1.90. The first-order valence-corrected chi connectivity index (χ1v) is 5.46. The van der Waals surface area contributed by atoms with E-state index in [1.54, 1.807) is 0 Å². The second-order valence-corrected chi connectivity index (χ2v) is 3.74. The normalized spacial score (nSPS) is 13.9. The molecule has 12 heavy (non-hydrogen) atoms. The van der Waals surface area contributed by atoms with E-state index in [9.17, 15) is 0 Å². The number of unbranched alkanes of at least 4 members (excludes halogenated alkanes) is 2. The predicted octanol–water partition coefficient (Wildman–Crippen LogP) is 4.56. The number of hydrogen-bond donors (Lipinski definition) is 0. The van der Waals surface area contributed by atoms with Gasteiger partial charge in [-0.25, -0.2) is 0 Å². The van der Waals surface area contributed by atoms with Gasteiger partial charge in [-0.1, -0.05) is 58.6 Å². The molecule has 0 fully saturated rings. The maximum atomic E-state index is 2.36. The lowest BCUT2D eigenvalue weighted by molar-refractivity contribution is 0.531. The molecule has 0 aromatic carbocycles. The first kappa shape index (κ1) is 11.7. The molecule has 0 saturated carbocycles. The Kier molecular flexibility index (Phi) is 8.64. The predicted molar refractivity (Wildman–Crippen MR) is 57.4 cm³/mol. The van der Waals surface area contributed by atoms with Gasteiger partial charge in [0.1, 0.15) is 0 Å². The summed E-state index contributed by atoms with van der Waals surface area (Å²) in [6.45, 7) is 6.85. The van der Waals surface area contributed by atoms with Gasteiger partial charge in [-0.3, -0.25) is 0 Å². The van der Waals surface area contributed by atoms with E-state index in [-0.39, 0.29) is 0 Å². The summed E-state index contributed by atoms with van der Waals surface area (Å²) < 4.78 is 0. The van der Waals surface area contributed by atoms with Crippen LogP contribution in [0.4, 0.5) is 0 Å². The fourth-order valence-corrected chi connectivity index (χ4v) is 1.38. The summed E-state index contributed by atoms with van der Waals surface area (Å²) in [4.78, 5) is 0. The van der Waals surface area contributed by atoms with Crippen molar-refractivity contribution >= 4 is 0 Å². The van der Waals surface area contributed by atoms with Gasteiger partial charge in [-0.05, 0) is 18.8 Å². The zero-order valence-electron chi connectivity index (χ0n) is 8.97. The van der Waals surface area contributed by atoms with Crippen LogP contribution in [0.3, 0.4) is 0 Å². The molecule has 0 N–H and O–H groups in total. The van der Waals surface area contributed by atoms with Crippen LogP contribution in [0.15, 0.2) is 12.2 Å². The molecule has 0 rings (SSSR count). The molecule has 0 saturated heterocycles. The summed E-state index contributed by atoms with van der Waals surface area (Å²) >= 11 is 0. The van der Waals surface area contributed by atoms with Crippen LogP contribution in [0.25, 0.3) is 0 Å². The van der Waals surface area contributed by atoms with Crippen LogP contribution < -0.4 is 0 Å². The van der Waals surface area contributed by atoms with E-state index in [2.05, 4.69) is 32.9 Å². The minimum absolute atomic E-state index is 0.882. The quantitative estimate of drug-likeness (QED) is 0.386. The fraction of sp³-hybridized carbons (Fsp3) is 0.833. The highest BCUT2D eigenvalue weighted by atomic mass is 14.0. The highest BCUT2D eigenvalue weighted by Gasteiger charge is 1.95. The van der Waals surface area contributed by atoms with Crippen LogP contribution in [0.1, 0.15) is 59.3 Å². The van der Waals surface area contributed by atoms with E-state index >= 15 is 0 Å². The second-order valence-electron chi connectivity index (χ2n) is 3.74. The summed E-state index contributed by atoms with van der Waals surface area (Å²) in [5.74, 6) is 0.882. The molecule has 72 valence electrons. The van der Waals surface area contributed by atoms with Crippen molar-refractivity contribution in [3.8, 4) is 0 Å². The molecular formula is C12H24. The SMILES string of the molecule is CCCC/C=C\C[C@H](C)CCC. The Morgan fingerprint density at radius 2 is 1.83 bits per heavy atom. The van der Waals surface area contributed by atoms with Crippen LogP contribution in [-0.4, -0.2) is 0 Å². The van der Waals surface area contributed by atoms with Crippen molar-refractivity contribution in [3.05, 3.63) is 12.2 Å². The molecule has 0 aromatic heterocycles. The summed E-state index contributed by atoms with van der Waals surface area (Å²) in [5.41, 5.74) is 0. The molecule has 0 bridgehead atoms. The standard InChI is InChI=1S/C12H24/c1-4-6-7-8-9-11-12(3)10-5-2/h8-9,12H,4-7,10-11H2,1-3H3/b9-8-/t12-/m1/s1. The van der Waals surface area contributed by atoms with Gasteiger partial charge in [0.25, 0.3) is 0 Å². The maximum absolute atomic E-state index is 2.36. The van der Waals surface area contributed by atoms with Gasteiger partial charge in [0.2, 0.25) is 0 Å². The van der Waals surface area contributed by atoms with Crippen molar-refractivity contribution < 1.29 is 0 Å². The Morgan fingerprint density at radius 3 is 2.42 bits per heavy atom. The molecule has 0 amide bonds. The van der Waals surface area contributed by atoms with E-state index in [1.165, 1.54) is 38.5 Å². The zero-order valence-corrected chi connectivity index (χ0v) is 8.97. The maximum Gasteiger partial charge on any atom is -0.0325 e. The number of rotatable bonds is 7. The fourth-order valence-electron chi connectivity index (χ4n) is 1.38. The van der Waals surface area contributed by atoms with Crippen LogP contribution in [0, 0.1) is 5.92 Å². The molecule has 0 radical (unpaired) electrons.